The minimum atomic E-state index is -1.43. The van der Waals surface area contributed by atoms with Gasteiger partial charge in [-0.15, -0.1) is 11.5 Å². The highest BCUT2D eigenvalue weighted by molar-refractivity contribution is 6.87. The zero-order chi connectivity index (χ0) is 22.5. The molecule has 6 heteroatoms. The molecular weight excluding hydrogens is 394 g/mol. The summed E-state index contributed by atoms with van der Waals surface area (Å²) in [6, 6.07) is 3.53. The van der Waals surface area contributed by atoms with E-state index in [1.165, 1.54) is 50.2 Å². The van der Waals surface area contributed by atoms with Crippen LogP contribution in [0.1, 0.15) is 72.6 Å². The standard InChI is InChI=1S/C24H49NO4Si/c1-5-9-10-11-12-13-16-25-20-24(27)22-29-18-17-28-21-23(26)15-14-19-30(6-2,7-3)8-4/h23-27H,5-13,15-18,20-22H2,1-4H3. The van der Waals surface area contributed by atoms with Gasteiger partial charge in [0.15, 0.2) is 0 Å². The van der Waals surface area contributed by atoms with E-state index < -0.39 is 20.3 Å². The van der Waals surface area contributed by atoms with Crippen LogP contribution in [-0.2, 0) is 9.47 Å². The van der Waals surface area contributed by atoms with Crippen LogP contribution in [0.15, 0.2) is 0 Å². The molecule has 5 nitrogen and oxygen atoms in total. The molecule has 0 spiro atoms. The van der Waals surface area contributed by atoms with E-state index in [1.54, 1.807) is 0 Å². The molecule has 2 unspecified atom stereocenters. The summed E-state index contributed by atoms with van der Waals surface area (Å²) in [5.74, 6) is 3.20. The summed E-state index contributed by atoms with van der Waals surface area (Å²) < 4.78 is 10.9. The molecule has 0 radical (unpaired) electrons. The molecular formula is C24H49NO4Si. The van der Waals surface area contributed by atoms with Crippen molar-refractivity contribution in [1.29, 1.82) is 0 Å². The molecule has 0 aromatic heterocycles. The fraction of sp³-hybridized carbons (Fsp3) is 0.917. The van der Waals surface area contributed by atoms with Gasteiger partial charge in [-0.3, -0.25) is 0 Å². The number of nitrogens with one attached hydrogen (secondary N) is 1. The largest absolute Gasteiger partial charge is 0.390 e. The average molecular weight is 444 g/mol. The predicted molar refractivity (Wildman–Crippen MR) is 129 cm³/mol. The molecule has 0 aromatic rings. The van der Waals surface area contributed by atoms with Crippen LogP contribution in [0.3, 0.4) is 0 Å². The van der Waals surface area contributed by atoms with Crippen molar-refractivity contribution in [3.8, 4) is 11.5 Å². The van der Waals surface area contributed by atoms with Gasteiger partial charge in [0.25, 0.3) is 0 Å². The lowest BCUT2D eigenvalue weighted by atomic mass is 10.1. The van der Waals surface area contributed by atoms with E-state index in [2.05, 4.69) is 44.5 Å². The molecule has 0 rings (SSSR count). The van der Waals surface area contributed by atoms with Gasteiger partial charge < -0.3 is 25.0 Å². The Morgan fingerprint density at radius 3 is 1.97 bits per heavy atom. The van der Waals surface area contributed by atoms with Crippen LogP contribution >= 0.6 is 0 Å². The van der Waals surface area contributed by atoms with E-state index in [-0.39, 0.29) is 6.61 Å². The van der Waals surface area contributed by atoms with E-state index >= 15 is 0 Å². The number of hydrogen-bond acceptors (Lipinski definition) is 5. The van der Waals surface area contributed by atoms with Gasteiger partial charge in [0.05, 0.1) is 38.6 Å². The summed E-state index contributed by atoms with van der Waals surface area (Å²) in [5, 5.41) is 23.2. The number of aliphatic hydroxyl groups is 2. The van der Waals surface area contributed by atoms with E-state index in [4.69, 9.17) is 9.47 Å². The zero-order valence-corrected chi connectivity index (χ0v) is 21.2. The Kier molecular flexibility index (Phi) is 20.2. The van der Waals surface area contributed by atoms with Crippen molar-refractivity contribution in [3.63, 3.8) is 0 Å². The Bertz CT molecular complexity index is 426. The third kappa shape index (κ3) is 16.3. The molecule has 0 saturated heterocycles. The first-order valence-corrected chi connectivity index (χ1v) is 14.9. The van der Waals surface area contributed by atoms with Crippen molar-refractivity contribution in [3.05, 3.63) is 0 Å². The fourth-order valence-electron chi connectivity index (χ4n) is 3.34. The summed E-state index contributed by atoms with van der Waals surface area (Å²) in [7, 11) is -1.43. The molecule has 2 atom stereocenters. The van der Waals surface area contributed by atoms with Gasteiger partial charge in [0, 0.05) is 13.0 Å². The predicted octanol–water partition coefficient (Wildman–Crippen LogP) is 4.13. The van der Waals surface area contributed by atoms with E-state index in [0.717, 1.165) is 13.0 Å². The molecule has 30 heavy (non-hydrogen) atoms. The van der Waals surface area contributed by atoms with E-state index in [9.17, 15) is 10.2 Å². The first-order valence-electron chi connectivity index (χ1n) is 12.3. The van der Waals surface area contributed by atoms with Crippen LogP contribution in [-0.4, -0.2) is 70.0 Å². The quantitative estimate of drug-likeness (QED) is 0.150. The minimum Gasteiger partial charge on any atom is -0.390 e. The SMILES string of the molecule is CCCCCCCCNCC(O)COCCOCC(O)CC#C[Si](CC)(CC)CC. The summed E-state index contributed by atoms with van der Waals surface area (Å²) in [4.78, 5) is 0. The summed E-state index contributed by atoms with van der Waals surface area (Å²) in [5.41, 5.74) is 3.49. The molecule has 0 aliphatic rings. The molecule has 0 bridgehead atoms. The van der Waals surface area contributed by atoms with Gasteiger partial charge in [0.2, 0.25) is 0 Å². The highest BCUT2D eigenvalue weighted by Gasteiger charge is 2.24. The topological polar surface area (TPSA) is 71.0 Å². The highest BCUT2D eigenvalue weighted by atomic mass is 28.3. The van der Waals surface area contributed by atoms with Crippen molar-refractivity contribution in [2.75, 3.05) is 39.5 Å². The Morgan fingerprint density at radius 2 is 1.37 bits per heavy atom. The number of rotatable bonds is 20. The van der Waals surface area contributed by atoms with Crippen LogP contribution in [0.25, 0.3) is 0 Å². The number of aliphatic hydroxyl groups excluding tert-OH is 2. The molecule has 0 fully saturated rings. The number of hydrogen-bond donors (Lipinski definition) is 3. The van der Waals surface area contributed by atoms with Crippen LogP contribution < -0.4 is 5.32 Å². The van der Waals surface area contributed by atoms with Crippen LogP contribution in [0.5, 0.6) is 0 Å². The monoisotopic (exact) mass is 443 g/mol. The maximum absolute atomic E-state index is 10.0. The molecule has 0 heterocycles. The summed E-state index contributed by atoms with van der Waals surface area (Å²) >= 11 is 0. The van der Waals surface area contributed by atoms with Crippen LogP contribution in [0.4, 0.5) is 0 Å². The zero-order valence-electron chi connectivity index (χ0n) is 20.2. The van der Waals surface area contributed by atoms with E-state index in [1.807, 2.05) is 0 Å². The molecule has 0 aromatic carbocycles. The van der Waals surface area contributed by atoms with Crippen molar-refractivity contribution in [2.45, 2.75) is 103 Å². The third-order valence-electron chi connectivity index (χ3n) is 5.80. The van der Waals surface area contributed by atoms with Gasteiger partial charge in [-0.05, 0) is 31.1 Å². The molecule has 178 valence electrons. The van der Waals surface area contributed by atoms with Gasteiger partial charge in [-0.25, -0.2) is 0 Å². The molecule has 0 amide bonds. The highest BCUT2D eigenvalue weighted by Crippen LogP contribution is 2.18. The third-order valence-corrected chi connectivity index (χ3v) is 10.6. The summed E-state index contributed by atoms with van der Waals surface area (Å²) in [6.45, 7) is 11.9. The van der Waals surface area contributed by atoms with E-state index in [0.29, 0.717) is 32.8 Å². The van der Waals surface area contributed by atoms with Crippen molar-refractivity contribution >= 4 is 8.07 Å². The lowest BCUT2D eigenvalue weighted by Crippen LogP contribution is -2.31. The van der Waals surface area contributed by atoms with Gasteiger partial charge in [0.1, 0.15) is 8.07 Å². The van der Waals surface area contributed by atoms with Crippen LogP contribution in [0.2, 0.25) is 18.1 Å². The minimum absolute atomic E-state index is 0.277. The number of unbranched alkanes of at least 4 members (excludes halogenated alkanes) is 5. The Morgan fingerprint density at radius 1 is 0.800 bits per heavy atom. The van der Waals surface area contributed by atoms with Crippen molar-refractivity contribution in [1.82, 2.24) is 5.32 Å². The lowest BCUT2D eigenvalue weighted by molar-refractivity contribution is -0.0154. The Hall–Kier alpha value is -0.423. The molecule has 3 N–H and O–H groups in total. The smallest absolute Gasteiger partial charge is 0.137 e. The Balaban J connectivity index is 3.59. The fourth-order valence-corrected chi connectivity index (χ4v) is 5.85. The average Bonchev–Trinajstić information content (AvgIpc) is 2.76. The lowest BCUT2D eigenvalue weighted by Gasteiger charge is -2.20. The normalized spacial score (nSPS) is 13.7. The first-order chi connectivity index (χ1) is 14.5. The second-order valence-corrected chi connectivity index (χ2v) is 13.2. The maximum atomic E-state index is 10.0. The van der Waals surface area contributed by atoms with Crippen molar-refractivity contribution in [2.24, 2.45) is 0 Å². The Labute approximate surface area is 187 Å². The van der Waals surface area contributed by atoms with Gasteiger partial charge in [-0.2, -0.15) is 0 Å². The molecule has 0 saturated carbocycles. The van der Waals surface area contributed by atoms with Crippen molar-refractivity contribution < 1.29 is 19.7 Å². The molecule has 0 aliphatic carbocycles. The van der Waals surface area contributed by atoms with Crippen LogP contribution in [0, 0.1) is 11.5 Å². The molecule has 0 aliphatic heterocycles. The summed E-state index contributed by atoms with van der Waals surface area (Å²) in [6.07, 6.45) is 7.10. The van der Waals surface area contributed by atoms with Gasteiger partial charge >= 0.3 is 0 Å². The second kappa shape index (κ2) is 20.5. The first kappa shape index (κ1) is 29.6. The number of ether oxygens (including phenoxy) is 2. The van der Waals surface area contributed by atoms with Gasteiger partial charge in [-0.1, -0.05) is 59.8 Å². The maximum Gasteiger partial charge on any atom is 0.137 e. The second-order valence-electron chi connectivity index (χ2n) is 8.28.